The van der Waals surface area contributed by atoms with Gasteiger partial charge in [0, 0.05) is 12.8 Å². The number of rotatable bonds is 14. The number of esters is 3. The van der Waals surface area contributed by atoms with Crippen LogP contribution in [0.2, 0.25) is 0 Å². The van der Waals surface area contributed by atoms with E-state index in [9.17, 15) is 19.2 Å². The fourth-order valence-corrected chi connectivity index (χ4v) is 3.20. The van der Waals surface area contributed by atoms with E-state index in [-0.39, 0.29) is 54.8 Å². The summed E-state index contributed by atoms with van der Waals surface area (Å²) in [4.78, 5) is 49.9. The van der Waals surface area contributed by atoms with Crippen LogP contribution in [0.25, 0.3) is 0 Å². The summed E-state index contributed by atoms with van der Waals surface area (Å²) in [5, 5.41) is 0. The molecule has 10 nitrogen and oxygen atoms in total. The van der Waals surface area contributed by atoms with Crippen LogP contribution in [0.5, 0.6) is 11.5 Å². The monoisotopic (exact) mass is 551 g/mol. The lowest BCUT2D eigenvalue weighted by atomic mass is 9.88. The Labute approximate surface area is 231 Å². The number of hydrogen-bond donors (Lipinski definition) is 1. The van der Waals surface area contributed by atoms with E-state index in [1.165, 1.54) is 19.2 Å². The molecule has 1 rings (SSSR count). The molecule has 0 aromatic heterocycles. The van der Waals surface area contributed by atoms with Gasteiger partial charge >= 0.3 is 24.1 Å². The number of benzene rings is 1. The van der Waals surface area contributed by atoms with Crippen LogP contribution >= 0.6 is 0 Å². The minimum Gasteiger partial charge on any atom is -0.468 e. The van der Waals surface area contributed by atoms with Gasteiger partial charge in [-0.2, -0.15) is 0 Å². The third kappa shape index (κ3) is 10.5. The van der Waals surface area contributed by atoms with Crippen molar-refractivity contribution in [2.24, 2.45) is 29.4 Å². The van der Waals surface area contributed by atoms with Crippen LogP contribution < -0.4 is 15.2 Å². The minimum absolute atomic E-state index is 0.0238. The molecule has 0 heterocycles. The van der Waals surface area contributed by atoms with Crippen molar-refractivity contribution in [1.29, 1.82) is 0 Å². The molecule has 0 aliphatic carbocycles. The molecule has 0 radical (unpaired) electrons. The maximum atomic E-state index is 12.8. The standard InChI is InChI=1S/C29H45NO9/c1-10-19(6)37-28(34)36-14-13-29(30,27(33)35-9)16-22-11-12-23(38-25(31)20(7)17(2)3)24(15-22)39-26(32)21(8)18(4)5/h11-12,15,17-21H,10,13-14,16,30H2,1-9H3/t19-,20?,21?,29+/m0/s1. The third-order valence-electron chi connectivity index (χ3n) is 6.92. The van der Waals surface area contributed by atoms with E-state index in [2.05, 4.69) is 0 Å². The first-order valence-corrected chi connectivity index (χ1v) is 13.4. The fraction of sp³-hybridized carbons (Fsp3) is 0.655. The van der Waals surface area contributed by atoms with Gasteiger partial charge in [0.2, 0.25) is 0 Å². The zero-order valence-corrected chi connectivity index (χ0v) is 24.7. The molecule has 0 aliphatic heterocycles. The smallest absolute Gasteiger partial charge is 0.468 e. The molecule has 4 atom stereocenters. The van der Waals surface area contributed by atoms with Crippen molar-refractivity contribution in [2.45, 2.75) is 86.3 Å². The van der Waals surface area contributed by atoms with Crippen molar-refractivity contribution in [3.63, 3.8) is 0 Å². The van der Waals surface area contributed by atoms with E-state index in [4.69, 9.17) is 29.4 Å². The maximum absolute atomic E-state index is 12.8. The topological polar surface area (TPSA) is 140 Å². The van der Waals surface area contributed by atoms with E-state index < -0.39 is 35.5 Å². The van der Waals surface area contributed by atoms with Gasteiger partial charge in [0.05, 0.1) is 25.6 Å². The highest BCUT2D eigenvalue weighted by atomic mass is 16.7. The summed E-state index contributed by atoms with van der Waals surface area (Å²) >= 11 is 0. The molecule has 0 amide bonds. The molecular weight excluding hydrogens is 506 g/mol. The molecule has 39 heavy (non-hydrogen) atoms. The maximum Gasteiger partial charge on any atom is 0.508 e. The normalized spacial score (nSPS) is 15.1. The lowest BCUT2D eigenvalue weighted by Crippen LogP contribution is -2.51. The summed E-state index contributed by atoms with van der Waals surface area (Å²) in [7, 11) is 1.21. The van der Waals surface area contributed by atoms with Crippen LogP contribution in [0.15, 0.2) is 18.2 Å². The number of carbonyl (C=O) groups excluding carboxylic acids is 4. The number of hydrogen-bond acceptors (Lipinski definition) is 10. The Kier molecular flexibility index (Phi) is 13.4. The van der Waals surface area contributed by atoms with Gasteiger partial charge in [-0.05, 0) is 42.9 Å². The van der Waals surface area contributed by atoms with Crippen molar-refractivity contribution in [2.75, 3.05) is 13.7 Å². The zero-order chi connectivity index (χ0) is 29.9. The van der Waals surface area contributed by atoms with Crippen molar-refractivity contribution in [3.8, 4) is 11.5 Å². The molecule has 1 aromatic rings. The molecule has 0 bridgehead atoms. The summed E-state index contributed by atoms with van der Waals surface area (Å²) in [6.07, 6.45) is -0.632. The van der Waals surface area contributed by atoms with Crippen molar-refractivity contribution in [3.05, 3.63) is 23.8 Å². The van der Waals surface area contributed by atoms with E-state index >= 15 is 0 Å². The molecule has 2 N–H and O–H groups in total. The third-order valence-corrected chi connectivity index (χ3v) is 6.92. The highest BCUT2D eigenvalue weighted by Crippen LogP contribution is 2.32. The van der Waals surface area contributed by atoms with Crippen LogP contribution in [0.4, 0.5) is 4.79 Å². The second kappa shape index (κ2) is 15.5. The number of ether oxygens (including phenoxy) is 5. The van der Waals surface area contributed by atoms with Gasteiger partial charge in [-0.25, -0.2) is 4.79 Å². The first-order chi connectivity index (χ1) is 18.1. The average Bonchev–Trinajstić information content (AvgIpc) is 2.88. The lowest BCUT2D eigenvalue weighted by Gasteiger charge is -2.27. The van der Waals surface area contributed by atoms with Crippen molar-refractivity contribution >= 4 is 24.1 Å². The van der Waals surface area contributed by atoms with Crippen LogP contribution in [-0.4, -0.2) is 49.4 Å². The van der Waals surface area contributed by atoms with Crippen LogP contribution in [0.3, 0.4) is 0 Å². The second-order valence-corrected chi connectivity index (χ2v) is 10.7. The Morgan fingerprint density at radius 1 is 0.872 bits per heavy atom. The average molecular weight is 552 g/mol. The molecule has 0 aliphatic rings. The molecule has 0 saturated heterocycles. The highest BCUT2D eigenvalue weighted by molar-refractivity contribution is 5.81. The highest BCUT2D eigenvalue weighted by Gasteiger charge is 2.36. The Morgan fingerprint density at radius 2 is 1.41 bits per heavy atom. The summed E-state index contributed by atoms with van der Waals surface area (Å²) in [5.41, 5.74) is 5.38. The molecule has 1 aromatic carbocycles. The van der Waals surface area contributed by atoms with E-state index in [1.807, 2.05) is 34.6 Å². The Balaban J connectivity index is 3.24. The van der Waals surface area contributed by atoms with Crippen molar-refractivity contribution < 1.29 is 42.9 Å². The lowest BCUT2D eigenvalue weighted by molar-refractivity contribution is -0.148. The Hall–Kier alpha value is -3.14. The SMILES string of the molecule is CC[C@H](C)OC(=O)OCC[C@@](N)(Cc1ccc(OC(=O)C(C)C(C)C)c(OC(=O)C(C)C(C)C)c1)C(=O)OC. The molecule has 220 valence electrons. The number of nitrogens with two attached hydrogens (primary N) is 1. The Morgan fingerprint density at radius 3 is 1.90 bits per heavy atom. The van der Waals surface area contributed by atoms with Crippen LogP contribution in [0.1, 0.15) is 73.8 Å². The number of carbonyl (C=O) groups is 4. The predicted molar refractivity (Wildman–Crippen MR) is 145 cm³/mol. The van der Waals surface area contributed by atoms with Gasteiger partial charge in [0.25, 0.3) is 0 Å². The van der Waals surface area contributed by atoms with E-state index in [0.717, 1.165) is 0 Å². The largest absolute Gasteiger partial charge is 0.508 e. The molecule has 0 spiro atoms. The molecule has 0 fully saturated rings. The molecule has 2 unspecified atom stereocenters. The van der Waals surface area contributed by atoms with Gasteiger partial charge in [-0.1, -0.05) is 54.5 Å². The number of methoxy groups -OCH3 is 1. The summed E-state index contributed by atoms with van der Waals surface area (Å²) in [6, 6.07) is 4.63. The zero-order valence-electron chi connectivity index (χ0n) is 24.7. The van der Waals surface area contributed by atoms with E-state index in [1.54, 1.807) is 26.8 Å². The van der Waals surface area contributed by atoms with Gasteiger partial charge in [0.15, 0.2) is 11.5 Å². The van der Waals surface area contributed by atoms with Gasteiger partial charge in [0.1, 0.15) is 11.6 Å². The minimum atomic E-state index is -1.57. The van der Waals surface area contributed by atoms with Gasteiger partial charge in [-0.3, -0.25) is 14.4 Å². The summed E-state index contributed by atoms with van der Waals surface area (Å²) < 4.78 is 26.3. The van der Waals surface area contributed by atoms with Crippen LogP contribution in [0, 0.1) is 23.7 Å². The van der Waals surface area contributed by atoms with Crippen LogP contribution in [-0.2, 0) is 35.0 Å². The van der Waals surface area contributed by atoms with Gasteiger partial charge < -0.3 is 29.4 Å². The molecule has 0 saturated carbocycles. The van der Waals surface area contributed by atoms with Crippen molar-refractivity contribution in [1.82, 2.24) is 0 Å². The summed E-state index contributed by atoms with van der Waals surface area (Å²) in [5.74, 6) is -2.27. The second-order valence-electron chi connectivity index (χ2n) is 10.7. The first-order valence-electron chi connectivity index (χ1n) is 13.4. The molecule has 10 heteroatoms. The summed E-state index contributed by atoms with van der Waals surface area (Å²) in [6.45, 7) is 14.5. The molecular formula is C29H45NO9. The predicted octanol–water partition coefficient (Wildman–Crippen LogP) is 4.84. The quantitative estimate of drug-likeness (QED) is 0.252. The first kappa shape index (κ1) is 33.9. The fourth-order valence-electron chi connectivity index (χ4n) is 3.20. The van der Waals surface area contributed by atoms with E-state index in [0.29, 0.717) is 12.0 Å². The Bertz CT molecular complexity index is 991. The van der Waals surface area contributed by atoms with Gasteiger partial charge in [-0.15, -0.1) is 0 Å².